The molecular formula is C20H27I2N2O6-. The summed E-state index contributed by atoms with van der Waals surface area (Å²) in [5, 5.41) is 0. The van der Waals surface area contributed by atoms with Crippen LogP contribution in [0.15, 0.2) is 0 Å². The minimum atomic E-state index is -1.30. The summed E-state index contributed by atoms with van der Waals surface area (Å²) in [6.07, 6.45) is 4.86. The standard InChI is InChI=1S/C20H27I2N2O6/c1-19(21-2,20-22(23-20)24-20)18(27)30-15-11-8-10-13(17(26)29-14(10)15)12(11)16(25)28-9-6-4-3-5-7-9/h9-15,23-24H,3-8H2,1-2H3/q-1. The van der Waals surface area contributed by atoms with Crippen LogP contribution in [-0.2, 0) is 28.6 Å². The molecule has 8 nitrogen and oxygen atoms in total. The molecule has 7 atom stereocenters. The van der Waals surface area contributed by atoms with Crippen LogP contribution < -0.4 is 28.3 Å². The maximum atomic E-state index is 13.3. The van der Waals surface area contributed by atoms with Gasteiger partial charge in [-0.15, -0.1) is 0 Å². The van der Waals surface area contributed by atoms with E-state index in [1.807, 2.05) is 6.92 Å². The first-order valence-electron chi connectivity index (χ1n) is 10.8. The van der Waals surface area contributed by atoms with E-state index in [1.54, 1.807) is 0 Å². The van der Waals surface area contributed by atoms with Crippen molar-refractivity contribution in [1.29, 1.82) is 0 Å². The molecule has 7 unspecified atom stereocenters. The van der Waals surface area contributed by atoms with Crippen LogP contribution in [0.1, 0.15) is 45.4 Å². The Morgan fingerprint density at radius 3 is 2.53 bits per heavy atom. The zero-order valence-corrected chi connectivity index (χ0v) is 21.3. The van der Waals surface area contributed by atoms with Gasteiger partial charge in [-0.1, -0.05) is 0 Å². The van der Waals surface area contributed by atoms with E-state index in [4.69, 9.17) is 14.2 Å². The van der Waals surface area contributed by atoms with Crippen LogP contribution in [0.4, 0.5) is 0 Å². The van der Waals surface area contributed by atoms with Gasteiger partial charge in [0, 0.05) is 0 Å². The Balaban J connectivity index is 1.21. The molecule has 0 aromatic heterocycles. The molecule has 30 heavy (non-hydrogen) atoms. The van der Waals surface area contributed by atoms with Crippen molar-refractivity contribution in [3.05, 3.63) is 0 Å². The zero-order valence-electron chi connectivity index (χ0n) is 17.0. The third-order valence-corrected chi connectivity index (χ3v) is 17.3. The quantitative estimate of drug-likeness (QED) is 0.0665. The SMILES string of the molecule is C[I-]C(C)(C(=O)OC1C2CC3C1OC(=O)C3C2C(=O)OC1CCCCC1)C12NI1N2. The number of rotatable bonds is 6. The van der Waals surface area contributed by atoms with E-state index >= 15 is 0 Å². The van der Waals surface area contributed by atoms with Gasteiger partial charge in [0.25, 0.3) is 0 Å². The normalized spacial score (nSPS) is 43.0. The first kappa shape index (κ1) is 20.4. The van der Waals surface area contributed by atoms with Gasteiger partial charge in [-0.25, -0.2) is 0 Å². The molecule has 6 rings (SSSR count). The molecule has 0 aromatic rings. The molecule has 0 spiro atoms. The van der Waals surface area contributed by atoms with Gasteiger partial charge >= 0.3 is 195 Å². The summed E-state index contributed by atoms with van der Waals surface area (Å²) < 4.78 is 23.8. The summed E-state index contributed by atoms with van der Waals surface area (Å²) in [7, 11) is 0. The van der Waals surface area contributed by atoms with Crippen molar-refractivity contribution in [3.8, 4) is 0 Å². The van der Waals surface area contributed by atoms with Gasteiger partial charge in [-0.05, 0) is 0 Å². The predicted molar refractivity (Wildman–Crippen MR) is 109 cm³/mol. The molecule has 6 fully saturated rings. The maximum absolute atomic E-state index is 13.3. The molecule has 2 N–H and O–H groups in total. The van der Waals surface area contributed by atoms with Crippen LogP contribution in [0.3, 0.4) is 0 Å². The average Bonchev–Trinajstić information content (AvgIpc) is 3.50. The van der Waals surface area contributed by atoms with Crippen LogP contribution in [0.25, 0.3) is 0 Å². The summed E-state index contributed by atoms with van der Waals surface area (Å²) >= 11 is -1.71. The second-order valence-electron chi connectivity index (χ2n) is 9.41. The number of ether oxygens (including phenoxy) is 3. The number of carbonyl (C=O) groups is 3. The van der Waals surface area contributed by atoms with Gasteiger partial charge in [0.2, 0.25) is 0 Å². The number of nitrogens with one attached hydrogen (secondary N) is 2. The van der Waals surface area contributed by atoms with Crippen molar-refractivity contribution in [1.82, 2.24) is 7.06 Å². The van der Waals surface area contributed by atoms with E-state index in [0.29, 0.717) is 6.42 Å². The summed E-state index contributed by atoms with van der Waals surface area (Å²) in [4.78, 5) is 41.1. The zero-order chi connectivity index (χ0) is 20.8. The number of fused-ring (bicyclic) bond motifs is 2. The van der Waals surface area contributed by atoms with E-state index in [1.165, 1.54) is 6.42 Å². The fourth-order valence-electron chi connectivity index (χ4n) is 6.06. The molecule has 3 saturated heterocycles. The average molecular weight is 645 g/mol. The minimum absolute atomic E-state index is 0.0358. The summed E-state index contributed by atoms with van der Waals surface area (Å²) in [6.45, 7) is 2.00. The third-order valence-electron chi connectivity index (χ3n) is 7.97. The number of halogens is 2. The van der Waals surface area contributed by atoms with Gasteiger partial charge in [0.05, 0.1) is 0 Å². The summed E-state index contributed by atoms with van der Waals surface area (Å²) in [5.74, 6) is -1.99. The Bertz CT molecular complexity index is 813. The molecule has 3 heterocycles. The number of alkyl halides is 3. The van der Waals surface area contributed by atoms with E-state index in [9.17, 15) is 14.4 Å². The fourth-order valence-corrected chi connectivity index (χ4v) is 16.4. The third kappa shape index (κ3) is 2.71. The Morgan fingerprint density at radius 1 is 1.20 bits per heavy atom. The van der Waals surface area contributed by atoms with Gasteiger partial charge in [0.15, 0.2) is 0 Å². The van der Waals surface area contributed by atoms with Crippen molar-refractivity contribution < 1.29 is 49.8 Å². The molecule has 3 aliphatic carbocycles. The summed E-state index contributed by atoms with van der Waals surface area (Å²) in [6, 6.07) is 0. The number of esters is 3. The van der Waals surface area contributed by atoms with Gasteiger partial charge in [0.1, 0.15) is 0 Å². The summed E-state index contributed by atoms with van der Waals surface area (Å²) in [5.41, 5.74) is 0. The molecule has 168 valence electrons. The van der Waals surface area contributed by atoms with Crippen molar-refractivity contribution in [2.45, 2.75) is 70.9 Å². The molecular weight excluding hydrogens is 618 g/mol. The Kier molecular flexibility index (Phi) is 4.69. The van der Waals surface area contributed by atoms with Crippen molar-refractivity contribution >= 4 is 38.3 Å². The van der Waals surface area contributed by atoms with Crippen LogP contribution in [-0.4, -0.2) is 48.2 Å². The molecule has 6 aliphatic rings. The topological polar surface area (TPSA) is 123 Å². The Labute approximate surface area is 193 Å². The molecule has 0 radical (unpaired) electrons. The van der Waals surface area contributed by atoms with Crippen LogP contribution in [0, 0.1) is 23.7 Å². The molecule has 3 saturated carbocycles. The van der Waals surface area contributed by atoms with Gasteiger partial charge in [-0.2, -0.15) is 0 Å². The van der Waals surface area contributed by atoms with E-state index in [-0.39, 0.29) is 39.5 Å². The molecule has 10 heteroatoms. The molecule has 3 aliphatic heterocycles. The monoisotopic (exact) mass is 645 g/mol. The molecule has 0 aromatic carbocycles. The fraction of sp³-hybridized carbons (Fsp3) is 0.850. The molecule has 2 bridgehead atoms. The van der Waals surface area contributed by atoms with Crippen LogP contribution >= 0.6 is 20.4 Å². The number of hydrogen-bond donors (Lipinski definition) is 2. The van der Waals surface area contributed by atoms with Crippen molar-refractivity contribution in [2.24, 2.45) is 23.7 Å². The van der Waals surface area contributed by atoms with Gasteiger partial charge in [-0.3, -0.25) is 0 Å². The van der Waals surface area contributed by atoms with E-state index in [2.05, 4.69) is 12.0 Å². The van der Waals surface area contributed by atoms with E-state index in [0.717, 1.165) is 25.7 Å². The first-order valence-corrected chi connectivity index (χ1v) is 17.2. The van der Waals surface area contributed by atoms with Crippen LogP contribution in [0.5, 0.6) is 0 Å². The molecule has 0 amide bonds. The Hall–Kier alpha value is -0.210. The van der Waals surface area contributed by atoms with Crippen molar-refractivity contribution in [3.63, 3.8) is 0 Å². The second kappa shape index (κ2) is 6.89. The second-order valence-corrected chi connectivity index (χ2v) is 17.0. The van der Waals surface area contributed by atoms with E-state index < -0.39 is 69.0 Å². The Morgan fingerprint density at radius 2 is 1.90 bits per heavy atom. The van der Waals surface area contributed by atoms with Gasteiger partial charge < -0.3 is 0 Å². The van der Waals surface area contributed by atoms with Crippen molar-refractivity contribution in [2.75, 3.05) is 4.93 Å². The predicted octanol–water partition coefficient (Wildman–Crippen LogP) is -1.74. The number of carbonyl (C=O) groups excluding carboxylic acids is 3. The van der Waals surface area contributed by atoms with Crippen LogP contribution in [0.2, 0.25) is 0 Å². The first-order chi connectivity index (χ1) is 14.4. The number of hydrogen-bond acceptors (Lipinski definition) is 8.